The smallest absolute Gasteiger partial charge is 0.256 e. The first-order chi connectivity index (χ1) is 8.93. The SMILES string of the molecule is CCCN(CC(=O)Nc1cc(C)on1)C(=O)C(Cl)Cl. The predicted molar refractivity (Wildman–Crippen MR) is 72.2 cm³/mol. The molecule has 1 aromatic rings. The maximum absolute atomic E-state index is 11.8. The van der Waals surface area contributed by atoms with Gasteiger partial charge in [0.15, 0.2) is 10.7 Å². The third-order valence-electron chi connectivity index (χ3n) is 2.22. The minimum atomic E-state index is -1.17. The van der Waals surface area contributed by atoms with E-state index in [1.165, 1.54) is 4.90 Å². The molecular weight excluding hydrogens is 293 g/mol. The van der Waals surface area contributed by atoms with Gasteiger partial charge < -0.3 is 14.7 Å². The highest BCUT2D eigenvalue weighted by Gasteiger charge is 2.22. The number of halogens is 2. The number of alkyl halides is 2. The van der Waals surface area contributed by atoms with Crippen molar-refractivity contribution in [1.82, 2.24) is 10.1 Å². The number of carbonyl (C=O) groups excluding carboxylic acids is 2. The summed E-state index contributed by atoms with van der Waals surface area (Å²) in [7, 11) is 0. The second kappa shape index (κ2) is 7.35. The predicted octanol–water partition coefficient (Wildman–Crippen LogP) is 1.96. The normalized spacial score (nSPS) is 10.6. The molecule has 8 heteroatoms. The maximum Gasteiger partial charge on any atom is 0.256 e. The van der Waals surface area contributed by atoms with Gasteiger partial charge in [-0.25, -0.2) is 0 Å². The number of carbonyl (C=O) groups is 2. The molecule has 0 aliphatic heterocycles. The highest BCUT2D eigenvalue weighted by atomic mass is 35.5. The molecule has 6 nitrogen and oxygen atoms in total. The molecule has 0 unspecified atom stereocenters. The number of hydrogen-bond acceptors (Lipinski definition) is 4. The van der Waals surface area contributed by atoms with Crippen LogP contribution in [0.4, 0.5) is 5.82 Å². The summed E-state index contributed by atoms with van der Waals surface area (Å²) in [6.45, 7) is 3.87. The van der Waals surface area contributed by atoms with E-state index < -0.39 is 10.7 Å². The molecule has 2 amide bonds. The second-order valence-electron chi connectivity index (χ2n) is 3.93. The second-order valence-corrected chi connectivity index (χ2v) is 5.03. The highest BCUT2D eigenvalue weighted by Crippen LogP contribution is 2.09. The van der Waals surface area contributed by atoms with E-state index in [1.54, 1.807) is 13.0 Å². The van der Waals surface area contributed by atoms with E-state index in [2.05, 4.69) is 10.5 Å². The lowest BCUT2D eigenvalue weighted by Gasteiger charge is -2.21. The molecule has 0 fully saturated rings. The zero-order valence-corrected chi connectivity index (χ0v) is 12.2. The van der Waals surface area contributed by atoms with Crippen molar-refractivity contribution in [3.05, 3.63) is 11.8 Å². The first kappa shape index (κ1) is 15.8. The van der Waals surface area contributed by atoms with Crippen LogP contribution in [0.3, 0.4) is 0 Å². The van der Waals surface area contributed by atoms with Crippen LogP contribution in [0.15, 0.2) is 10.6 Å². The lowest BCUT2D eigenvalue weighted by atomic mass is 10.3. The van der Waals surface area contributed by atoms with Crippen LogP contribution in [0.2, 0.25) is 0 Å². The van der Waals surface area contributed by atoms with E-state index in [4.69, 9.17) is 27.7 Å². The van der Waals surface area contributed by atoms with Gasteiger partial charge in [0.2, 0.25) is 5.91 Å². The Balaban J connectivity index is 2.58. The van der Waals surface area contributed by atoms with Crippen molar-refractivity contribution in [2.75, 3.05) is 18.4 Å². The van der Waals surface area contributed by atoms with E-state index in [9.17, 15) is 9.59 Å². The summed E-state index contributed by atoms with van der Waals surface area (Å²) in [6, 6.07) is 1.58. The molecule has 0 bridgehead atoms. The van der Waals surface area contributed by atoms with Crippen LogP contribution in [-0.2, 0) is 9.59 Å². The summed E-state index contributed by atoms with van der Waals surface area (Å²) in [5, 5.41) is 6.15. The van der Waals surface area contributed by atoms with Crippen molar-refractivity contribution in [1.29, 1.82) is 0 Å². The molecule has 0 aliphatic rings. The van der Waals surface area contributed by atoms with Gasteiger partial charge in [0, 0.05) is 12.6 Å². The Morgan fingerprint density at radius 1 is 1.53 bits per heavy atom. The third-order valence-corrected chi connectivity index (χ3v) is 2.60. The van der Waals surface area contributed by atoms with Gasteiger partial charge >= 0.3 is 0 Å². The fourth-order valence-electron chi connectivity index (χ4n) is 1.46. The topological polar surface area (TPSA) is 75.4 Å². The number of nitrogens with one attached hydrogen (secondary N) is 1. The minimum Gasteiger partial charge on any atom is -0.360 e. The zero-order chi connectivity index (χ0) is 14.4. The molecule has 0 saturated carbocycles. The van der Waals surface area contributed by atoms with Crippen molar-refractivity contribution in [2.45, 2.75) is 25.1 Å². The quantitative estimate of drug-likeness (QED) is 0.815. The Morgan fingerprint density at radius 2 is 2.21 bits per heavy atom. The lowest BCUT2D eigenvalue weighted by molar-refractivity contribution is -0.133. The molecule has 0 atom stereocenters. The summed E-state index contributed by atoms with van der Waals surface area (Å²) < 4.78 is 4.82. The third kappa shape index (κ3) is 5.08. The number of aromatic nitrogens is 1. The van der Waals surface area contributed by atoms with E-state index in [0.29, 0.717) is 24.5 Å². The molecule has 0 aliphatic carbocycles. The van der Waals surface area contributed by atoms with Crippen LogP contribution in [0.1, 0.15) is 19.1 Å². The van der Waals surface area contributed by atoms with Crippen LogP contribution in [-0.4, -0.2) is 39.8 Å². The van der Waals surface area contributed by atoms with Gasteiger partial charge in [0.05, 0.1) is 6.54 Å². The standard InChI is InChI=1S/C11H15Cl2N3O3/c1-3-4-16(11(18)10(12)13)6-9(17)14-8-5-7(2)19-15-8/h5,10H,3-4,6H2,1-2H3,(H,14,15,17). The first-order valence-corrected chi connectivity index (χ1v) is 6.61. The number of anilines is 1. The molecule has 1 rings (SSSR count). The summed E-state index contributed by atoms with van der Waals surface area (Å²) in [4.78, 5) is 23.6. The van der Waals surface area contributed by atoms with E-state index in [-0.39, 0.29) is 12.5 Å². The Bertz CT molecular complexity index is 448. The fraction of sp³-hybridized carbons (Fsp3) is 0.545. The average Bonchev–Trinajstić information content (AvgIpc) is 2.73. The molecule has 1 heterocycles. The summed E-state index contributed by atoms with van der Waals surface area (Å²) >= 11 is 11.0. The Hall–Kier alpha value is -1.27. The summed E-state index contributed by atoms with van der Waals surface area (Å²) in [6.07, 6.45) is 0.697. The van der Waals surface area contributed by atoms with Gasteiger partial charge in [-0.1, -0.05) is 35.3 Å². The van der Waals surface area contributed by atoms with Crippen molar-refractivity contribution < 1.29 is 14.1 Å². The Kier molecular flexibility index (Phi) is 6.11. The number of amides is 2. The molecule has 0 aromatic carbocycles. The van der Waals surface area contributed by atoms with Crippen LogP contribution in [0.5, 0.6) is 0 Å². The summed E-state index contributed by atoms with van der Waals surface area (Å²) in [5.74, 6) is 0.0128. The van der Waals surface area contributed by atoms with E-state index in [0.717, 1.165) is 0 Å². The monoisotopic (exact) mass is 307 g/mol. The molecular formula is C11H15Cl2N3O3. The van der Waals surface area contributed by atoms with Crippen LogP contribution in [0, 0.1) is 6.92 Å². The average molecular weight is 308 g/mol. The molecule has 1 aromatic heterocycles. The van der Waals surface area contributed by atoms with E-state index in [1.807, 2.05) is 6.92 Å². The maximum atomic E-state index is 11.8. The summed E-state index contributed by atoms with van der Waals surface area (Å²) in [5.41, 5.74) is 0. The van der Waals surface area contributed by atoms with Gasteiger partial charge in [0.1, 0.15) is 5.76 Å². The van der Waals surface area contributed by atoms with E-state index >= 15 is 0 Å². The molecule has 0 radical (unpaired) electrons. The molecule has 1 N–H and O–H groups in total. The van der Waals surface area contributed by atoms with Gasteiger partial charge in [-0.05, 0) is 13.3 Å². The van der Waals surface area contributed by atoms with Gasteiger partial charge in [-0.2, -0.15) is 0 Å². The van der Waals surface area contributed by atoms with Crippen molar-refractivity contribution >= 4 is 40.8 Å². The van der Waals surface area contributed by atoms with Gasteiger partial charge in [0.25, 0.3) is 5.91 Å². The number of hydrogen-bond donors (Lipinski definition) is 1. The number of aryl methyl sites for hydroxylation is 1. The highest BCUT2D eigenvalue weighted by molar-refractivity contribution is 6.53. The van der Waals surface area contributed by atoms with Crippen molar-refractivity contribution in [2.24, 2.45) is 0 Å². The Morgan fingerprint density at radius 3 is 2.68 bits per heavy atom. The molecule has 0 saturated heterocycles. The lowest BCUT2D eigenvalue weighted by Crippen LogP contribution is -2.41. The first-order valence-electron chi connectivity index (χ1n) is 5.74. The minimum absolute atomic E-state index is 0.130. The van der Waals surface area contributed by atoms with Crippen LogP contribution >= 0.6 is 23.2 Å². The van der Waals surface area contributed by atoms with Crippen LogP contribution < -0.4 is 5.32 Å². The fourth-order valence-corrected chi connectivity index (χ4v) is 1.73. The Labute approximate surface area is 121 Å². The number of rotatable bonds is 6. The van der Waals surface area contributed by atoms with Crippen molar-refractivity contribution in [3.8, 4) is 0 Å². The zero-order valence-electron chi connectivity index (χ0n) is 10.7. The number of nitrogens with zero attached hydrogens (tertiary/aromatic N) is 2. The van der Waals surface area contributed by atoms with Crippen molar-refractivity contribution in [3.63, 3.8) is 0 Å². The van der Waals surface area contributed by atoms with Gasteiger partial charge in [-0.3, -0.25) is 9.59 Å². The van der Waals surface area contributed by atoms with Gasteiger partial charge in [-0.15, -0.1) is 0 Å². The molecule has 0 spiro atoms. The largest absolute Gasteiger partial charge is 0.360 e. The molecule has 19 heavy (non-hydrogen) atoms. The van der Waals surface area contributed by atoms with Crippen LogP contribution in [0.25, 0.3) is 0 Å². The molecule has 106 valence electrons.